The van der Waals surface area contributed by atoms with Crippen molar-refractivity contribution in [2.24, 2.45) is 11.8 Å². The van der Waals surface area contributed by atoms with Crippen LogP contribution in [-0.4, -0.2) is 11.3 Å². The molecule has 98 valence electrons. The van der Waals surface area contributed by atoms with Gasteiger partial charge in [0.15, 0.2) is 0 Å². The summed E-state index contributed by atoms with van der Waals surface area (Å²) in [6, 6.07) is 0. The van der Waals surface area contributed by atoms with Gasteiger partial charge in [0, 0.05) is 5.70 Å². The van der Waals surface area contributed by atoms with E-state index in [1.165, 1.54) is 0 Å². The smallest absolute Gasteiger partial charge is 0.147 e. The minimum absolute atomic E-state index is 0.575. The van der Waals surface area contributed by atoms with Crippen LogP contribution in [0.1, 0.15) is 26.7 Å². The molecule has 0 aromatic heterocycles. The molecule has 3 heteroatoms. The van der Waals surface area contributed by atoms with Crippen molar-refractivity contribution in [3.63, 3.8) is 0 Å². The summed E-state index contributed by atoms with van der Waals surface area (Å²) < 4.78 is 0. The van der Waals surface area contributed by atoms with E-state index in [0.29, 0.717) is 11.8 Å². The predicted octanol–water partition coefficient (Wildman–Crippen LogP) is 3.54. The van der Waals surface area contributed by atoms with Gasteiger partial charge in [-0.1, -0.05) is 32.1 Å². The topological polar surface area (TPSA) is 32.3 Å². The SMILES string of the molecule is CC(C)C1C=CC(NC(O)C2=CSC=CC2)=CC1. The van der Waals surface area contributed by atoms with Crippen LogP contribution in [0.3, 0.4) is 0 Å². The Hall–Kier alpha value is -0.930. The van der Waals surface area contributed by atoms with Crippen LogP contribution >= 0.6 is 11.8 Å². The molecule has 2 N–H and O–H groups in total. The van der Waals surface area contributed by atoms with Gasteiger partial charge in [-0.05, 0) is 47.1 Å². The zero-order chi connectivity index (χ0) is 13.0. The van der Waals surface area contributed by atoms with Gasteiger partial charge in [-0.25, -0.2) is 0 Å². The third-order valence-corrected chi connectivity index (χ3v) is 4.18. The summed E-state index contributed by atoms with van der Waals surface area (Å²) in [6.07, 6.45) is 9.89. The van der Waals surface area contributed by atoms with E-state index in [9.17, 15) is 5.11 Å². The minimum atomic E-state index is -0.575. The summed E-state index contributed by atoms with van der Waals surface area (Å²) in [6.45, 7) is 4.49. The zero-order valence-electron chi connectivity index (χ0n) is 11.0. The summed E-state index contributed by atoms with van der Waals surface area (Å²) in [5.41, 5.74) is 2.06. The lowest BCUT2D eigenvalue weighted by molar-refractivity contribution is 0.184. The first-order valence-corrected chi connectivity index (χ1v) is 7.43. The summed E-state index contributed by atoms with van der Waals surface area (Å²) in [5, 5.41) is 17.3. The molecule has 0 spiro atoms. The Morgan fingerprint density at radius 2 is 2.28 bits per heavy atom. The molecule has 0 saturated carbocycles. The Morgan fingerprint density at radius 1 is 1.44 bits per heavy atom. The van der Waals surface area contributed by atoms with Gasteiger partial charge in [0.25, 0.3) is 0 Å². The van der Waals surface area contributed by atoms with Crippen LogP contribution in [0.15, 0.2) is 46.4 Å². The maximum atomic E-state index is 10.1. The van der Waals surface area contributed by atoms with Crippen LogP contribution in [0.2, 0.25) is 0 Å². The van der Waals surface area contributed by atoms with E-state index >= 15 is 0 Å². The number of allylic oxidation sites excluding steroid dienone is 4. The van der Waals surface area contributed by atoms with Crippen molar-refractivity contribution in [2.45, 2.75) is 32.9 Å². The first-order chi connectivity index (χ1) is 8.66. The van der Waals surface area contributed by atoms with Gasteiger partial charge in [0.2, 0.25) is 0 Å². The fraction of sp³-hybridized carbons (Fsp3) is 0.467. The highest BCUT2D eigenvalue weighted by atomic mass is 32.2. The Kier molecular flexibility index (Phi) is 4.72. The Balaban J connectivity index is 1.88. The van der Waals surface area contributed by atoms with Gasteiger partial charge < -0.3 is 10.4 Å². The summed E-state index contributed by atoms with van der Waals surface area (Å²) in [4.78, 5) is 0. The first-order valence-electron chi connectivity index (χ1n) is 6.49. The third-order valence-electron chi connectivity index (χ3n) is 3.39. The van der Waals surface area contributed by atoms with E-state index in [1.54, 1.807) is 11.8 Å². The van der Waals surface area contributed by atoms with Gasteiger partial charge in [-0.2, -0.15) is 0 Å². The van der Waals surface area contributed by atoms with Crippen LogP contribution in [0.25, 0.3) is 0 Å². The van der Waals surface area contributed by atoms with Crippen LogP contribution in [0, 0.1) is 11.8 Å². The number of aliphatic hydroxyl groups is 1. The van der Waals surface area contributed by atoms with Crippen LogP contribution in [0.4, 0.5) is 0 Å². The fourth-order valence-electron chi connectivity index (χ4n) is 2.08. The average Bonchev–Trinajstić information content (AvgIpc) is 2.40. The van der Waals surface area contributed by atoms with Gasteiger partial charge >= 0.3 is 0 Å². The number of thioether (sulfide) groups is 1. The van der Waals surface area contributed by atoms with Gasteiger partial charge in [0.1, 0.15) is 6.23 Å². The molecule has 0 radical (unpaired) electrons. The Morgan fingerprint density at radius 3 is 2.83 bits per heavy atom. The molecule has 2 atom stereocenters. The average molecular weight is 263 g/mol. The lowest BCUT2D eigenvalue weighted by atomic mass is 9.89. The molecule has 2 nitrogen and oxygen atoms in total. The lowest BCUT2D eigenvalue weighted by Crippen LogP contribution is -2.30. The Bertz CT molecular complexity index is 407. The van der Waals surface area contributed by atoms with Crippen molar-refractivity contribution in [1.29, 1.82) is 0 Å². The lowest BCUT2D eigenvalue weighted by Gasteiger charge is -2.23. The summed E-state index contributed by atoms with van der Waals surface area (Å²) >= 11 is 1.62. The fourth-order valence-corrected chi connectivity index (χ4v) is 2.77. The first kappa shape index (κ1) is 13.5. The maximum absolute atomic E-state index is 10.1. The third kappa shape index (κ3) is 3.53. The molecule has 0 fully saturated rings. The van der Waals surface area contributed by atoms with Crippen molar-refractivity contribution in [3.8, 4) is 0 Å². The summed E-state index contributed by atoms with van der Waals surface area (Å²) in [7, 11) is 0. The maximum Gasteiger partial charge on any atom is 0.147 e. The molecule has 2 aliphatic rings. The summed E-state index contributed by atoms with van der Waals surface area (Å²) in [5.74, 6) is 1.30. The molecule has 0 aromatic carbocycles. The monoisotopic (exact) mass is 263 g/mol. The van der Waals surface area contributed by atoms with Crippen molar-refractivity contribution in [3.05, 3.63) is 46.4 Å². The van der Waals surface area contributed by atoms with Gasteiger partial charge in [0.05, 0.1) is 0 Å². The van der Waals surface area contributed by atoms with Gasteiger partial charge in [-0.3, -0.25) is 0 Å². The predicted molar refractivity (Wildman–Crippen MR) is 78.7 cm³/mol. The molecule has 1 aliphatic heterocycles. The van der Waals surface area contributed by atoms with E-state index in [0.717, 1.165) is 24.1 Å². The molecular formula is C15H21NOS. The highest BCUT2D eigenvalue weighted by Gasteiger charge is 2.15. The normalized spacial score (nSPS) is 24.8. The van der Waals surface area contributed by atoms with E-state index in [1.807, 2.05) is 10.8 Å². The van der Waals surface area contributed by atoms with E-state index in [2.05, 4.69) is 43.5 Å². The second kappa shape index (κ2) is 6.30. The second-order valence-corrected chi connectivity index (χ2v) is 5.89. The number of nitrogens with one attached hydrogen (secondary N) is 1. The molecular weight excluding hydrogens is 242 g/mol. The molecule has 0 bridgehead atoms. The van der Waals surface area contributed by atoms with E-state index < -0.39 is 6.23 Å². The molecule has 1 aliphatic carbocycles. The second-order valence-electron chi connectivity index (χ2n) is 5.11. The Labute approximate surface area is 114 Å². The molecule has 1 heterocycles. The molecule has 0 aromatic rings. The number of rotatable bonds is 4. The van der Waals surface area contributed by atoms with Crippen LogP contribution in [-0.2, 0) is 0 Å². The number of aliphatic hydroxyl groups excluding tert-OH is 1. The van der Waals surface area contributed by atoms with Crippen molar-refractivity contribution in [1.82, 2.24) is 5.32 Å². The van der Waals surface area contributed by atoms with Crippen LogP contribution < -0.4 is 5.32 Å². The zero-order valence-corrected chi connectivity index (χ0v) is 11.8. The quantitative estimate of drug-likeness (QED) is 0.761. The van der Waals surface area contributed by atoms with E-state index in [-0.39, 0.29) is 0 Å². The van der Waals surface area contributed by atoms with E-state index in [4.69, 9.17) is 0 Å². The largest absolute Gasteiger partial charge is 0.370 e. The molecule has 0 amide bonds. The molecule has 2 unspecified atom stereocenters. The highest BCUT2D eigenvalue weighted by Crippen LogP contribution is 2.24. The molecule has 2 rings (SSSR count). The van der Waals surface area contributed by atoms with Gasteiger partial charge in [-0.15, -0.1) is 11.8 Å². The van der Waals surface area contributed by atoms with Crippen molar-refractivity contribution >= 4 is 11.8 Å². The van der Waals surface area contributed by atoms with Crippen molar-refractivity contribution in [2.75, 3.05) is 0 Å². The molecule has 18 heavy (non-hydrogen) atoms. The highest BCUT2D eigenvalue weighted by molar-refractivity contribution is 8.04. The number of hydrogen-bond donors (Lipinski definition) is 2. The minimum Gasteiger partial charge on any atom is -0.370 e. The van der Waals surface area contributed by atoms with Crippen molar-refractivity contribution < 1.29 is 5.11 Å². The standard InChI is InChI=1S/C15H21NOS/c1-11(2)12-5-7-14(8-6-12)16-15(17)13-4-3-9-18-10-13/h3,5,7-12,15-17H,4,6H2,1-2H3. The van der Waals surface area contributed by atoms with Crippen LogP contribution in [0.5, 0.6) is 0 Å². The number of hydrogen-bond acceptors (Lipinski definition) is 3. The molecule has 0 saturated heterocycles.